The normalized spacial score (nSPS) is 16.1. The van der Waals surface area contributed by atoms with Crippen LogP contribution in [0.5, 0.6) is 5.75 Å². The van der Waals surface area contributed by atoms with Gasteiger partial charge in [-0.1, -0.05) is 48.5 Å². The Morgan fingerprint density at radius 2 is 1.78 bits per heavy atom. The number of aromatic nitrogens is 3. The minimum absolute atomic E-state index is 0.110. The van der Waals surface area contributed by atoms with E-state index in [1.54, 1.807) is 54.6 Å². The first-order valence-electron chi connectivity index (χ1n) is 11.5. The van der Waals surface area contributed by atoms with Gasteiger partial charge >= 0.3 is 5.69 Å². The summed E-state index contributed by atoms with van der Waals surface area (Å²) in [5.74, 6) is -0.753. The Kier molecular flexibility index (Phi) is 6.38. The van der Waals surface area contributed by atoms with Gasteiger partial charge in [-0.2, -0.15) is 5.10 Å². The zero-order valence-electron chi connectivity index (χ0n) is 19.8. The molecule has 1 aliphatic rings. The van der Waals surface area contributed by atoms with E-state index < -0.39 is 38.3 Å². The Bertz CT molecular complexity index is 1630. The predicted molar refractivity (Wildman–Crippen MR) is 136 cm³/mol. The second-order valence-electron chi connectivity index (χ2n) is 8.71. The summed E-state index contributed by atoms with van der Waals surface area (Å²) in [5.41, 5.74) is 0.804. The number of amides is 1. The maximum Gasteiger partial charge on any atom is 0.340 e. The third kappa shape index (κ3) is 4.90. The van der Waals surface area contributed by atoms with E-state index in [1.807, 2.05) is 0 Å². The van der Waals surface area contributed by atoms with Crippen LogP contribution in [0.4, 0.5) is 10.1 Å². The number of anilines is 1. The fourth-order valence-electron chi connectivity index (χ4n) is 4.44. The second-order valence-corrected chi connectivity index (χ2v) is 10.7. The number of benzene rings is 3. The van der Waals surface area contributed by atoms with Crippen LogP contribution in [0.15, 0.2) is 76.4 Å². The van der Waals surface area contributed by atoms with E-state index in [0.29, 0.717) is 35.5 Å². The number of H-pyrrole nitrogens is 2. The van der Waals surface area contributed by atoms with E-state index in [1.165, 1.54) is 17.0 Å². The lowest BCUT2D eigenvalue weighted by Gasteiger charge is -2.33. The number of halogens is 1. The molecule has 0 radical (unpaired) electrons. The molecule has 0 saturated carbocycles. The molecular weight excluding hydrogens is 499 g/mol. The van der Waals surface area contributed by atoms with Gasteiger partial charge in [0.05, 0.1) is 5.69 Å². The molecule has 4 aromatic rings. The van der Waals surface area contributed by atoms with Gasteiger partial charge in [0.2, 0.25) is 0 Å². The number of hydrogen-bond donors (Lipinski definition) is 2. The van der Waals surface area contributed by atoms with Crippen LogP contribution in [-0.2, 0) is 14.6 Å². The fourth-order valence-corrected chi connectivity index (χ4v) is 5.46. The van der Waals surface area contributed by atoms with E-state index in [2.05, 4.69) is 15.2 Å². The molecule has 2 heterocycles. The molecule has 37 heavy (non-hydrogen) atoms. The maximum absolute atomic E-state index is 15.8. The van der Waals surface area contributed by atoms with Gasteiger partial charge in [0.15, 0.2) is 27.6 Å². The summed E-state index contributed by atoms with van der Waals surface area (Å²) in [6, 6.07) is 18.3. The summed E-state index contributed by atoms with van der Waals surface area (Å²) in [6.45, 7) is 0.220. The smallest absolute Gasteiger partial charge is 0.340 e. The van der Waals surface area contributed by atoms with Crippen molar-refractivity contribution in [1.82, 2.24) is 15.2 Å². The molecule has 1 fully saturated rings. The lowest BCUT2D eigenvalue weighted by molar-refractivity contribution is -0.127. The van der Waals surface area contributed by atoms with Crippen LogP contribution in [0.25, 0.3) is 22.5 Å². The average molecular weight is 523 g/mol. The third-order valence-electron chi connectivity index (χ3n) is 6.10. The highest BCUT2D eigenvalue weighted by Gasteiger charge is 2.35. The highest BCUT2D eigenvalue weighted by molar-refractivity contribution is 7.90. The molecule has 1 aromatic heterocycles. The summed E-state index contributed by atoms with van der Waals surface area (Å²) >= 11 is 0. The van der Waals surface area contributed by atoms with Crippen LogP contribution in [0.1, 0.15) is 12.8 Å². The Labute approximate surface area is 211 Å². The molecule has 5 rings (SSSR count). The minimum atomic E-state index is -3.96. The summed E-state index contributed by atoms with van der Waals surface area (Å²) < 4.78 is 47.0. The number of sulfone groups is 1. The topological polar surface area (TPSA) is 125 Å². The monoisotopic (exact) mass is 522 g/mol. The van der Waals surface area contributed by atoms with Crippen LogP contribution in [0.2, 0.25) is 0 Å². The van der Waals surface area contributed by atoms with Crippen molar-refractivity contribution < 1.29 is 22.3 Å². The van der Waals surface area contributed by atoms with Gasteiger partial charge in [-0.3, -0.25) is 9.78 Å². The predicted octanol–water partition coefficient (Wildman–Crippen LogP) is 3.55. The number of nitrogens with zero attached hydrogens (tertiary/aromatic N) is 2. The van der Waals surface area contributed by atoms with Gasteiger partial charge in [-0.15, -0.1) is 0 Å². The molecule has 0 bridgehead atoms. The van der Waals surface area contributed by atoms with Gasteiger partial charge in [-0.25, -0.2) is 22.7 Å². The van der Waals surface area contributed by atoms with Crippen molar-refractivity contribution in [2.24, 2.45) is 0 Å². The lowest BCUT2D eigenvalue weighted by Crippen LogP contribution is -2.47. The van der Waals surface area contributed by atoms with E-state index in [9.17, 15) is 18.0 Å². The first-order chi connectivity index (χ1) is 17.7. The van der Waals surface area contributed by atoms with Crippen LogP contribution in [-0.4, -0.2) is 48.4 Å². The van der Waals surface area contributed by atoms with E-state index in [0.717, 1.165) is 6.26 Å². The largest absolute Gasteiger partial charge is 0.481 e. The standard InChI is InChI=1S/C26H23FN4O5S/c1-37(34,35)23-19(16-7-3-2-4-8-16)12-13-20(22(23)27)31-14-6-11-21(25(31)32)36-18-10-5-9-17(15-18)24-28-26(33)30-29-24/h2-5,7-10,12-13,15,21H,6,11,14H2,1H3,(H2,28,29,30,33). The lowest BCUT2D eigenvalue weighted by atomic mass is 10.0. The Hall–Kier alpha value is -4.25. The Morgan fingerprint density at radius 3 is 2.49 bits per heavy atom. The van der Waals surface area contributed by atoms with Gasteiger partial charge in [0, 0.05) is 23.9 Å². The van der Waals surface area contributed by atoms with Gasteiger partial charge < -0.3 is 9.64 Å². The van der Waals surface area contributed by atoms with E-state index in [-0.39, 0.29) is 17.8 Å². The number of carbonyl (C=O) groups is 1. The van der Waals surface area contributed by atoms with Gasteiger partial charge in [-0.05, 0) is 36.6 Å². The highest BCUT2D eigenvalue weighted by Crippen LogP contribution is 2.36. The zero-order valence-corrected chi connectivity index (χ0v) is 20.6. The SMILES string of the molecule is CS(=O)(=O)c1c(-c2ccccc2)ccc(N2CCCC(Oc3cccc(-c4n[nH]c(=O)[nH]4)c3)C2=O)c1F. The molecule has 1 atom stereocenters. The average Bonchev–Trinajstić information content (AvgIpc) is 3.32. The maximum atomic E-state index is 15.8. The number of ether oxygens (including phenoxy) is 1. The van der Waals surface area contributed by atoms with E-state index >= 15 is 4.39 Å². The molecule has 1 aliphatic heterocycles. The Balaban J connectivity index is 1.46. The number of piperidine rings is 1. The number of aromatic amines is 2. The van der Waals surface area contributed by atoms with Crippen molar-refractivity contribution in [3.63, 3.8) is 0 Å². The van der Waals surface area contributed by atoms with E-state index in [4.69, 9.17) is 4.74 Å². The molecule has 11 heteroatoms. The molecule has 1 amide bonds. The minimum Gasteiger partial charge on any atom is -0.481 e. The number of hydrogen-bond acceptors (Lipinski definition) is 6. The quantitative estimate of drug-likeness (QED) is 0.399. The van der Waals surface area contributed by atoms with Crippen LogP contribution in [0.3, 0.4) is 0 Å². The fraction of sp³-hybridized carbons (Fsp3) is 0.192. The highest BCUT2D eigenvalue weighted by atomic mass is 32.2. The van der Waals surface area contributed by atoms with Crippen LogP contribution in [0, 0.1) is 5.82 Å². The molecule has 0 spiro atoms. The molecule has 190 valence electrons. The summed E-state index contributed by atoms with van der Waals surface area (Å²) in [7, 11) is -3.96. The molecule has 2 N–H and O–H groups in total. The molecule has 1 unspecified atom stereocenters. The first kappa shape index (κ1) is 24.4. The van der Waals surface area contributed by atoms with Crippen molar-refractivity contribution in [3.05, 3.63) is 83.0 Å². The van der Waals surface area contributed by atoms with Crippen LogP contribution >= 0.6 is 0 Å². The Morgan fingerprint density at radius 1 is 1.03 bits per heavy atom. The number of rotatable bonds is 6. The molecule has 0 aliphatic carbocycles. The molecule has 9 nitrogen and oxygen atoms in total. The summed E-state index contributed by atoms with van der Waals surface area (Å²) in [4.78, 5) is 28.1. The second kappa shape index (κ2) is 9.66. The van der Waals surface area contributed by atoms with Crippen molar-refractivity contribution in [3.8, 4) is 28.3 Å². The number of nitrogens with one attached hydrogen (secondary N) is 2. The number of carbonyl (C=O) groups excluding carboxylic acids is 1. The summed E-state index contributed by atoms with van der Waals surface area (Å²) in [5, 5.41) is 6.19. The summed E-state index contributed by atoms with van der Waals surface area (Å²) in [6.07, 6.45) is 0.973. The van der Waals surface area contributed by atoms with Crippen molar-refractivity contribution in [1.29, 1.82) is 0 Å². The van der Waals surface area contributed by atoms with Crippen molar-refractivity contribution >= 4 is 21.4 Å². The van der Waals surface area contributed by atoms with Gasteiger partial charge in [0.1, 0.15) is 10.6 Å². The molecule has 1 saturated heterocycles. The molecular formula is C26H23FN4O5S. The third-order valence-corrected chi connectivity index (χ3v) is 7.24. The van der Waals surface area contributed by atoms with Crippen LogP contribution < -0.4 is 15.3 Å². The first-order valence-corrected chi connectivity index (χ1v) is 13.4. The van der Waals surface area contributed by atoms with Gasteiger partial charge in [0.25, 0.3) is 5.91 Å². The molecule has 3 aromatic carbocycles. The van der Waals surface area contributed by atoms with Crippen molar-refractivity contribution in [2.75, 3.05) is 17.7 Å². The zero-order chi connectivity index (χ0) is 26.2. The van der Waals surface area contributed by atoms with Crippen molar-refractivity contribution in [2.45, 2.75) is 23.8 Å².